The second kappa shape index (κ2) is 6.80. The summed E-state index contributed by atoms with van der Waals surface area (Å²) in [5, 5.41) is 6.04. The SMILES string of the molecule is CCOCC(C)NCC(=O)NCC1CC1. The second-order valence-electron chi connectivity index (χ2n) is 4.19. The molecule has 0 spiro atoms. The van der Waals surface area contributed by atoms with Crippen LogP contribution in [-0.2, 0) is 9.53 Å². The molecule has 15 heavy (non-hydrogen) atoms. The Morgan fingerprint density at radius 3 is 2.87 bits per heavy atom. The molecule has 0 bridgehead atoms. The van der Waals surface area contributed by atoms with Crippen LogP contribution in [0.3, 0.4) is 0 Å². The fourth-order valence-electron chi connectivity index (χ4n) is 1.26. The Morgan fingerprint density at radius 2 is 2.27 bits per heavy atom. The lowest BCUT2D eigenvalue weighted by Crippen LogP contribution is -2.40. The van der Waals surface area contributed by atoms with Crippen LogP contribution in [0, 0.1) is 5.92 Å². The predicted octanol–water partition coefficient (Wildman–Crippen LogP) is 0.527. The van der Waals surface area contributed by atoms with E-state index in [0.29, 0.717) is 13.2 Å². The number of hydrogen-bond donors (Lipinski definition) is 2. The first-order valence-corrected chi connectivity index (χ1v) is 5.80. The minimum atomic E-state index is 0.0882. The molecule has 0 heterocycles. The highest BCUT2D eigenvalue weighted by molar-refractivity contribution is 5.78. The van der Waals surface area contributed by atoms with Crippen molar-refractivity contribution in [3.05, 3.63) is 0 Å². The van der Waals surface area contributed by atoms with Gasteiger partial charge in [-0.1, -0.05) is 0 Å². The zero-order valence-corrected chi connectivity index (χ0v) is 9.71. The highest BCUT2D eigenvalue weighted by Gasteiger charge is 2.21. The summed E-state index contributed by atoms with van der Waals surface area (Å²) in [6, 6.07) is 0.233. The molecule has 0 saturated heterocycles. The van der Waals surface area contributed by atoms with Crippen molar-refractivity contribution < 1.29 is 9.53 Å². The number of carbonyl (C=O) groups is 1. The molecule has 0 aliphatic heterocycles. The quantitative estimate of drug-likeness (QED) is 0.619. The molecule has 0 aromatic rings. The maximum Gasteiger partial charge on any atom is 0.233 e. The van der Waals surface area contributed by atoms with E-state index in [4.69, 9.17) is 4.74 Å². The van der Waals surface area contributed by atoms with E-state index in [2.05, 4.69) is 10.6 Å². The van der Waals surface area contributed by atoms with Crippen molar-refractivity contribution in [2.45, 2.75) is 32.7 Å². The summed E-state index contributed by atoms with van der Waals surface area (Å²) >= 11 is 0. The van der Waals surface area contributed by atoms with Gasteiger partial charge in [0, 0.05) is 19.2 Å². The molecule has 1 aliphatic carbocycles. The predicted molar refractivity (Wildman–Crippen MR) is 59.7 cm³/mol. The third-order valence-electron chi connectivity index (χ3n) is 2.47. The molecule has 0 aromatic heterocycles. The molecular weight excluding hydrogens is 192 g/mol. The maximum atomic E-state index is 11.3. The lowest BCUT2D eigenvalue weighted by molar-refractivity contribution is -0.120. The van der Waals surface area contributed by atoms with Crippen molar-refractivity contribution in [3.63, 3.8) is 0 Å². The highest BCUT2D eigenvalue weighted by atomic mass is 16.5. The Balaban J connectivity index is 1.94. The smallest absolute Gasteiger partial charge is 0.233 e. The van der Waals surface area contributed by atoms with Crippen molar-refractivity contribution in [1.82, 2.24) is 10.6 Å². The normalized spacial score (nSPS) is 17.5. The molecular formula is C11H22N2O2. The van der Waals surface area contributed by atoms with Gasteiger partial charge in [0.25, 0.3) is 0 Å². The molecule has 1 amide bonds. The first-order valence-electron chi connectivity index (χ1n) is 5.80. The summed E-state index contributed by atoms with van der Waals surface area (Å²) in [5.74, 6) is 0.833. The fraction of sp³-hybridized carbons (Fsp3) is 0.909. The third kappa shape index (κ3) is 6.47. The standard InChI is InChI=1S/C11H22N2O2/c1-3-15-8-9(2)12-7-11(14)13-6-10-4-5-10/h9-10,12H,3-8H2,1-2H3,(H,13,14). The Hall–Kier alpha value is -0.610. The van der Waals surface area contributed by atoms with Crippen LogP contribution >= 0.6 is 0 Å². The van der Waals surface area contributed by atoms with Gasteiger partial charge in [0.05, 0.1) is 13.2 Å². The molecule has 1 atom stereocenters. The summed E-state index contributed by atoms with van der Waals surface area (Å²) < 4.78 is 5.24. The van der Waals surface area contributed by atoms with Crippen LogP contribution in [0.15, 0.2) is 0 Å². The van der Waals surface area contributed by atoms with Gasteiger partial charge in [0.2, 0.25) is 5.91 Å². The molecule has 1 rings (SSSR count). The van der Waals surface area contributed by atoms with Crippen LogP contribution in [0.2, 0.25) is 0 Å². The topological polar surface area (TPSA) is 50.4 Å². The van der Waals surface area contributed by atoms with Crippen molar-refractivity contribution in [1.29, 1.82) is 0 Å². The van der Waals surface area contributed by atoms with Crippen molar-refractivity contribution in [2.75, 3.05) is 26.3 Å². The molecule has 0 aromatic carbocycles. The molecule has 1 saturated carbocycles. The van der Waals surface area contributed by atoms with Crippen LogP contribution in [0.25, 0.3) is 0 Å². The van der Waals surface area contributed by atoms with Gasteiger partial charge in [-0.3, -0.25) is 4.79 Å². The zero-order chi connectivity index (χ0) is 11.1. The summed E-state index contributed by atoms with van der Waals surface area (Å²) in [6.07, 6.45) is 2.54. The Bertz CT molecular complexity index is 193. The van der Waals surface area contributed by atoms with Gasteiger partial charge in [-0.2, -0.15) is 0 Å². The van der Waals surface area contributed by atoms with E-state index >= 15 is 0 Å². The molecule has 0 radical (unpaired) electrons. The monoisotopic (exact) mass is 214 g/mol. The lowest BCUT2D eigenvalue weighted by atomic mass is 10.3. The van der Waals surface area contributed by atoms with E-state index in [1.54, 1.807) is 0 Å². The molecule has 4 heteroatoms. The average molecular weight is 214 g/mol. The number of rotatable bonds is 8. The van der Waals surface area contributed by atoms with Gasteiger partial charge in [-0.25, -0.2) is 0 Å². The Labute approximate surface area is 91.8 Å². The molecule has 88 valence electrons. The van der Waals surface area contributed by atoms with Crippen molar-refractivity contribution >= 4 is 5.91 Å². The van der Waals surface area contributed by atoms with Crippen LogP contribution in [0.5, 0.6) is 0 Å². The van der Waals surface area contributed by atoms with Gasteiger partial charge in [-0.05, 0) is 32.6 Å². The summed E-state index contributed by atoms with van der Waals surface area (Å²) in [6.45, 7) is 6.60. The van der Waals surface area contributed by atoms with Gasteiger partial charge in [0.15, 0.2) is 0 Å². The van der Waals surface area contributed by atoms with Crippen LogP contribution in [-0.4, -0.2) is 38.3 Å². The third-order valence-corrected chi connectivity index (χ3v) is 2.47. The summed E-state index contributed by atoms with van der Waals surface area (Å²) in [7, 11) is 0. The number of ether oxygens (including phenoxy) is 1. The second-order valence-corrected chi connectivity index (χ2v) is 4.19. The maximum absolute atomic E-state index is 11.3. The number of amides is 1. The van der Waals surface area contributed by atoms with Gasteiger partial charge in [0.1, 0.15) is 0 Å². The highest BCUT2D eigenvalue weighted by Crippen LogP contribution is 2.27. The minimum absolute atomic E-state index is 0.0882. The molecule has 1 aliphatic rings. The Kier molecular flexibility index (Phi) is 5.65. The summed E-state index contributed by atoms with van der Waals surface area (Å²) in [5.41, 5.74) is 0. The van der Waals surface area contributed by atoms with E-state index in [1.807, 2.05) is 13.8 Å². The lowest BCUT2D eigenvalue weighted by Gasteiger charge is -2.13. The van der Waals surface area contributed by atoms with Crippen LogP contribution in [0.4, 0.5) is 0 Å². The molecule has 1 unspecified atom stereocenters. The first-order chi connectivity index (χ1) is 7.22. The minimum Gasteiger partial charge on any atom is -0.380 e. The van der Waals surface area contributed by atoms with Crippen molar-refractivity contribution in [3.8, 4) is 0 Å². The Morgan fingerprint density at radius 1 is 1.53 bits per heavy atom. The summed E-state index contributed by atoms with van der Waals surface area (Å²) in [4.78, 5) is 11.3. The van der Waals surface area contributed by atoms with Gasteiger partial charge < -0.3 is 15.4 Å². The van der Waals surface area contributed by atoms with E-state index in [0.717, 1.165) is 19.1 Å². The van der Waals surface area contributed by atoms with E-state index in [1.165, 1.54) is 12.8 Å². The first kappa shape index (κ1) is 12.5. The van der Waals surface area contributed by atoms with Gasteiger partial charge >= 0.3 is 0 Å². The van der Waals surface area contributed by atoms with Crippen molar-refractivity contribution in [2.24, 2.45) is 5.92 Å². The molecule has 1 fully saturated rings. The van der Waals surface area contributed by atoms with E-state index < -0.39 is 0 Å². The van der Waals surface area contributed by atoms with Crippen LogP contribution in [0.1, 0.15) is 26.7 Å². The molecule has 4 nitrogen and oxygen atoms in total. The number of carbonyl (C=O) groups excluding carboxylic acids is 1. The number of nitrogens with one attached hydrogen (secondary N) is 2. The zero-order valence-electron chi connectivity index (χ0n) is 9.71. The van der Waals surface area contributed by atoms with E-state index in [9.17, 15) is 4.79 Å². The average Bonchev–Trinajstić information content (AvgIpc) is 3.04. The molecule has 2 N–H and O–H groups in total. The largest absolute Gasteiger partial charge is 0.380 e. The van der Waals surface area contributed by atoms with E-state index in [-0.39, 0.29) is 11.9 Å². The van der Waals surface area contributed by atoms with Crippen LogP contribution < -0.4 is 10.6 Å². The number of hydrogen-bond acceptors (Lipinski definition) is 3. The van der Waals surface area contributed by atoms with Gasteiger partial charge in [-0.15, -0.1) is 0 Å². The fourth-order valence-corrected chi connectivity index (χ4v) is 1.26.